The Balaban J connectivity index is 2.07. The van der Waals surface area contributed by atoms with Gasteiger partial charge in [-0.2, -0.15) is 13.2 Å². The zero-order chi connectivity index (χ0) is 31.0. The number of carbonyl (C=O) groups is 1. The van der Waals surface area contributed by atoms with E-state index >= 15 is 0 Å². The van der Waals surface area contributed by atoms with E-state index in [0.29, 0.717) is 48.7 Å². The molecule has 1 atom stereocenters. The third kappa shape index (κ3) is 9.65. The minimum atomic E-state index is -4.45. The van der Waals surface area contributed by atoms with Crippen LogP contribution in [0.25, 0.3) is 11.1 Å². The van der Waals surface area contributed by atoms with Crippen LogP contribution in [0.15, 0.2) is 60.7 Å². The molecule has 3 aromatic carbocycles. The molecule has 0 fully saturated rings. The minimum absolute atomic E-state index is 0.188. The molecule has 1 unspecified atom stereocenters. The number of ether oxygens (including phenoxy) is 1. The number of esters is 1. The molecule has 42 heavy (non-hydrogen) atoms. The highest BCUT2D eigenvalue weighted by Gasteiger charge is 2.30. The van der Waals surface area contributed by atoms with E-state index in [1.807, 2.05) is 32.0 Å². The number of hydrogen-bond donors (Lipinski definition) is 0. The average molecular weight is 590 g/mol. The minimum Gasteiger partial charge on any atom is -0.466 e. The number of rotatable bonds is 13. The van der Waals surface area contributed by atoms with Crippen molar-refractivity contribution in [2.75, 3.05) is 13.2 Å². The van der Waals surface area contributed by atoms with Crippen LogP contribution in [-0.2, 0) is 28.8 Å². The van der Waals surface area contributed by atoms with E-state index < -0.39 is 29.3 Å². The molecular weight excluding hydrogens is 549 g/mol. The molecule has 0 N–H and O–H groups in total. The van der Waals surface area contributed by atoms with Gasteiger partial charge in [-0.3, -0.25) is 9.69 Å². The Kier molecular flexibility index (Phi) is 11.7. The van der Waals surface area contributed by atoms with Gasteiger partial charge in [-0.25, -0.2) is 8.78 Å². The third-order valence-corrected chi connectivity index (χ3v) is 7.06. The van der Waals surface area contributed by atoms with Crippen molar-refractivity contribution in [3.8, 4) is 11.1 Å². The van der Waals surface area contributed by atoms with E-state index in [1.165, 1.54) is 18.2 Å². The fraction of sp³-hybridized carbons (Fsp3) is 0.441. The molecule has 0 saturated heterocycles. The summed E-state index contributed by atoms with van der Waals surface area (Å²) < 4.78 is 72.7. The highest BCUT2D eigenvalue weighted by molar-refractivity contribution is 5.79. The number of benzene rings is 3. The molecule has 0 radical (unpaired) electrons. The van der Waals surface area contributed by atoms with Crippen LogP contribution in [0.2, 0.25) is 0 Å². The lowest BCUT2D eigenvalue weighted by Gasteiger charge is -2.25. The maximum Gasteiger partial charge on any atom is 0.416 e. The molecule has 0 aliphatic carbocycles. The van der Waals surface area contributed by atoms with Crippen molar-refractivity contribution in [1.29, 1.82) is 0 Å². The molecule has 0 heterocycles. The Morgan fingerprint density at radius 3 is 2.05 bits per heavy atom. The van der Waals surface area contributed by atoms with Crippen molar-refractivity contribution >= 4 is 5.97 Å². The lowest BCUT2D eigenvalue weighted by molar-refractivity contribution is -0.145. The van der Waals surface area contributed by atoms with Crippen molar-refractivity contribution in [3.05, 3.63) is 94.6 Å². The lowest BCUT2D eigenvalue weighted by Crippen LogP contribution is -2.25. The van der Waals surface area contributed by atoms with Gasteiger partial charge in [0, 0.05) is 13.1 Å². The molecule has 3 nitrogen and oxygen atoms in total. The van der Waals surface area contributed by atoms with E-state index in [-0.39, 0.29) is 18.5 Å². The van der Waals surface area contributed by atoms with Gasteiger partial charge in [-0.15, -0.1) is 0 Å². The topological polar surface area (TPSA) is 29.5 Å². The lowest BCUT2D eigenvalue weighted by atomic mass is 9.87. The Hall–Kier alpha value is -3.26. The van der Waals surface area contributed by atoms with Gasteiger partial charge in [0.05, 0.1) is 18.1 Å². The number of hydrogen-bond acceptors (Lipinski definition) is 3. The molecule has 0 saturated carbocycles. The third-order valence-electron chi connectivity index (χ3n) is 7.06. The van der Waals surface area contributed by atoms with Gasteiger partial charge >= 0.3 is 12.1 Å². The summed E-state index contributed by atoms with van der Waals surface area (Å²) >= 11 is 0. The second kappa shape index (κ2) is 14.8. The fourth-order valence-corrected chi connectivity index (χ4v) is 4.92. The summed E-state index contributed by atoms with van der Waals surface area (Å²) in [5.41, 5.74) is 2.75. The average Bonchev–Trinajstić information content (AvgIpc) is 2.92. The largest absolute Gasteiger partial charge is 0.466 e. The number of carbonyl (C=O) groups excluding carboxylic acids is 1. The first-order valence-electron chi connectivity index (χ1n) is 14.4. The van der Waals surface area contributed by atoms with E-state index in [1.54, 1.807) is 13.0 Å². The van der Waals surface area contributed by atoms with Gasteiger partial charge in [0.15, 0.2) is 11.6 Å². The van der Waals surface area contributed by atoms with E-state index in [9.17, 15) is 26.7 Å². The highest BCUT2D eigenvalue weighted by atomic mass is 19.4. The van der Waals surface area contributed by atoms with Crippen molar-refractivity contribution in [2.24, 2.45) is 11.8 Å². The van der Waals surface area contributed by atoms with Crippen LogP contribution < -0.4 is 0 Å². The van der Waals surface area contributed by atoms with Crippen molar-refractivity contribution < 1.29 is 31.5 Å². The maximum absolute atomic E-state index is 14.0. The highest BCUT2D eigenvalue weighted by Crippen LogP contribution is 2.34. The molecule has 228 valence electrons. The maximum atomic E-state index is 14.0. The summed E-state index contributed by atoms with van der Waals surface area (Å²) in [4.78, 5) is 15.2. The number of nitrogens with zero attached hydrogens (tertiary/aromatic N) is 1. The summed E-state index contributed by atoms with van der Waals surface area (Å²) in [6.07, 6.45) is -3.04. The fourth-order valence-electron chi connectivity index (χ4n) is 4.92. The molecule has 0 bridgehead atoms. The molecule has 0 spiro atoms. The van der Waals surface area contributed by atoms with E-state index in [2.05, 4.69) is 18.7 Å². The van der Waals surface area contributed by atoms with Gasteiger partial charge in [-0.05, 0) is 96.3 Å². The van der Waals surface area contributed by atoms with E-state index in [4.69, 9.17) is 4.74 Å². The summed E-state index contributed by atoms with van der Waals surface area (Å²) in [5, 5.41) is 0. The van der Waals surface area contributed by atoms with Crippen LogP contribution in [0, 0.1) is 23.5 Å². The summed E-state index contributed by atoms with van der Waals surface area (Å²) in [6.45, 7) is 11.7. The number of alkyl halides is 3. The van der Waals surface area contributed by atoms with Gasteiger partial charge in [-0.1, -0.05) is 58.0 Å². The van der Waals surface area contributed by atoms with Crippen LogP contribution in [0.3, 0.4) is 0 Å². The Labute approximate surface area is 245 Å². The Bertz CT molecular complexity index is 1320. The molecule has 3 rings (SSSR count). The second-order valence-corrected chi connectivity index (χ2v) is 11.6. The van der Waals surface area contributed by atoms with Gasteiger partial charge in [0.1, 0.15) is 0 Å². The normalized spacial score (nSPS) is 12.8. The van der Waals surface area contributed by atoms with Crippen molar-refractivity contribution in [3.63, 3.8) is 0 Å². The summed E-state index contributed by atoms with van der Waals surface area (Å²) in [5.74, 6) is -2.11. The van der Waals surface area contributed by atoms with E-state index in [0.717, 1.165) is 35.7 Å². The van der Waals surface area contributed by atoms with Crippen molar-refractivity contribution in [1.82, 2.24) is 4.90 Å². The van der Waals surface area contributed by atoms with Crippen LogP contribution >= 0.6 is 0 Å². The standard InChI is InChI=1S/C34H40F5NO2/c1-6-42-33(41)30(15-23(4)5)28-17-25(16-27(19-28)26-8-10-29(11-9-26)34(37,38)39)21-40(14-13-22(2)3)20-24-7-12-31(35)32(36)18-24/h7-12,16-19,22-23,30H,6,13-15,20-21H2,1-5H3. The van der Waals surface area contributed by atoms with Crippen LogP contribution in [0.5, 0.6) is 0 Å². The summed E-state index contributed by atoms with van der Waals surface area (Å²) in [6, 6.07) is 14.6. The first-order valence-corrected chi connectivity index (χ1v) is 14.4. The molecule has 3 aromatic rings. The first kappa shape index (κ1) is 33.2. The predicted octanol–water partition coefficient (Wildman–Crippen LogP) is 9.39. The molecular formula is C34H40F5NO2. The van der Waals surface area contributed by atoms with Crippen LogP contribution in [0.4, 0.5) is 22.0 Å². The molecule has 0 aliphatic heterocycles. The second-order valence-electron chi connectivity index (χ2n) is 11.6. The zero-order valence-electron chi connectivity index (χ0n) is 24.9. The van der Waals surface area contributed by atoms with Gasteiger partial charge in [0.25, 0.3) is 0 Å². The quantitative estimate of drug-likeness (QED) is 0.147. The number of halogens is 5. The van der Waals surface area contributed by atoms with Gasteiger partial charge in [0.2, 0.25) is 0 Å². The first-order chi connectivity index (χ1) is 19.8. The molecule has 0 amide bonds. The van der Waals surface area contributed by atoms with Gasteiger partial charge < -0.3 is 4.74 Å². The zero-order valence-corrected chi connectivity index (χ0v) is 24.9. The molecule has 8 heteroatoms. The SMILES string of the molecule is CCOC(=O)C(CC(C)C)c1cc(CN(CCC(C)C)Cc2ccc(F)c(F)c2)cc(-c2ccc(C(F)(F)F)cc2)c1. The van der Waals surface area contributed by atoms with Crippen LogP contribution in [-0.4, -0.2) is 24.0 Å². The Morgan fingerprint density at radius 1 is 0.810 bits per heavy atom. The smallest absolute Gasteiger partial charge is 0.416 e. The van der Waals surface area contributed by atoms with Crippen LogP contribution in [0.1, 0.15) is 75.6 Å². The monoisotopic (exact) mass is 589 g/mol. The molecule has 0 aliphatic rings. The Morgan fingerprint density at radius 2 is 1.48 bits per heavy atom. The summed E-state index contributed by atoms with van der Waals surface area (Å²) in [7, 11) is 0. The molecule has 0 aromatic heterocycles. The predicted molar refractivity (Wildman–Crippen MR) is 156 cm³/mol. The van der Waals surface area contributed by atoms with Crippen molar-refractivity contribution in [2.45, 2.75) is 72.6 Å².